The Kier molecular flexibility index (Phi) is 10.4. The van der Waals surface area contributed by atoms with Crippen molar-refractivity contribution in [1.29, 1.82) is 0 Å². The maximum absolute atomic E-state index is 8.00. The van der Waals surface area contributed by atoms with Gasteiger partial charge >= 0.3 is 0 Å². The van der Waals surface area contributed by atoms with Crippen molar-refractivity contribution in [2.75, 3.05) is 30.3 Å². The van der Waals surface area contributed by atoms with Crippen molar-refractivity contribution in [2.45, 2.75) is 0 Å². The van der Waals surface area contributed by atoms with Gasteiger partial charge in [0.25, 0.3) is 0 Å². The molecule has 0 saturated heterocycles. The Morgan fingerprint density at radius 3 is 1.13 bits per heavy atom. The fourth-order valence-electron chi connectivity index (χ4n) is 0.427. The van der Waals surface area contributed by atoms with Crippen molar-refractivity contribution in [3.05, 3.63) is 0 Å². The van der Waals surface area contributed by atoms with Gasteiger partial charge in [0.15, 0.2) is 0 Å². The molecule has 0 atom stereocenters. The summed E-state index contributed by atoms with van der Waals surface area (Å²) in [4.78, 5) is 18.5. The highest BCUT2D eigenvalue weighted by Gasteiger charge is 1.93. The summed E-state index contributed by atoms with van der Waals surface area (Å²) in [6, 6.07) is 0. The molecule has 15 heavy (non-hydrogen) atoms. The summed E-state index contributed by atoms with van der Waals surface area (Å²) >= 11 is 0. The standard InChI is InChI=1S/C3H6N6.C2H8N2.CH2O/c4-1-7-2(5)9-3(6)8-1;3-1-2-4;1-2/h(H6,4,5,6,7,8,9);1-4H2;1H2. The van der Waals surface area contributed by atoms with E-state index in [4.69, 9.17) is 33.5 Å². The topological polar surface area (TPSA) is 186 Å². The molecule has 0 aliphatic heterocycles. The summed E-state index contributed by atoms with van der Waals surface area (Å²) in [6.45, 7) is 3.19. The van der Waals surface area contributed by atoms with E-state index in [1.165, 1.54) is 0 Å². The molecule has 0 radical (unpaired) electrons. The molecule has 0 amide bonds. The highest BCUT2D eigenvalue weighted by molar-refractivity contribution is 5.33. The number of hydrogen-bond acceptors (Lipinski definition) is 9. The zero-order valence-corrected chi connectivity index (χ0v) is 8.26. The van der Waals surface area contributed by atoms with Gasteiger partial charge in [-0.05, 0) is 0 Å². The molecule has 0 aromatic carbocycles. The Morgan fingerprint density at radius 1 is 0.800 bits per heavy atom. The van der Waals surface area contributed by atoms with E-state index in [0.717, 1.165) is 0 Å². The Bertz CT molecular complexity index is 215. The van der Waals surface area contributed by atoms with Gasteiger partial charge in [-0.25, -0.2) is 0 Å². The fraction of sp³-hybridized carbons (Fsp3) is 0.333. The van der Waals surface area contributed by atoms with E-state index >= 15 is 0 Å². The van der Waals surface area contributed by atoms with Crippen molar-refractivity contribution in [2.24, 2.45) is 11.5 Å². The summed E-state index contributed by atoms with van der Waals surface area (Å²) in [5, 5.41) is 0. The number of rotatable bonds is 1. The van der Waals surface area contributed by atoms with Crippen molar-refractivity contribution in [1.82, 2.24) is 15.0 Å². The number of nitrogens with two attached hydrogens (primary N) is 5. The first-order chi connectivity index (χ1) is 7.10. The number of anilines is 3. The van der Waals surface area contributed by atoms with Gasteiger partial charge in [-0.3, -0.25) is 0 Å². The average molecular weight is 216 g/mol. The van der Waals surface area contributed by atoms with Crippen LogP contribution in [0.25, 0.3) is 0 Å². The number of hydrogen-bond donors (Lipinski definition) is 5. The van der Waals surface area contributed by atoms with Crippen LogP contribution in [0.2, 0.25) is 0 Å². The first kappa shape index (κ1) is 15.5. The van der Waals surface area contributed by atoms with Crippen molar-refractivity contribution in [3.8, 4) is 0 Å². The van der Waals surface area contributed by atoms with Gasteiger partial charge in [0.1, 0.15) is 6.79 Å². The van der Waals surface area contributed by atoms with Crippen molar-refractivity contribution in [3.63, 3.8) is 0 Å². The number of carbonyl (C=O) groups excluding carboxylic acids is 1. The lowest BCUT2D eigenvalue weighted by Crippen LogP contribution is -2.11. The molecule has 0 unspecified atom stereocenters. The van der Waals surface area contributed by atoms with Crippen LogP contribution in [0.1, 0.15) is 0 Å². The van der Waals surface area contributed by atoms with E-state index in [9.17, 15) is 0 Å². The second-order valence-corrected chi connectivity index (χ2v) is 1.99. The van der Waals surface area contributed by atoms with Crippen LogP contribution in [-0.2, 0) is 4.79 Å². The largest absolute Gasteiger partial charge is 0.368 e. The molecule has 0 aliphatic carbocycles. The predicted molar refractivity (Wildman–Crippen MR) is 58.3 cm³/mol. The number of nitrogens with zero attached hydrogens (tertiary/aromatic N) is 3. The van der Waals surface area contributed by atoms with Gasteiger partial charge in [-0.1, -0.05) is 0 Å². The zero-order valence-electron chi connectivity index (χ0n) is 8.26. The van der Waals surface area contributed by atoms with Crippen LogP contribution in [0, 0.1) is 0 Å². The SMILES string of the molecule is C=O.NCCN.Nc1nc(N)nc(N)n1. The minimum atomic E-state index is 0.0417. The number of carbonyl (C=O) groups is 1. The van der Waals surface area contributed by atoms with Crippen LogP contribution >= 0.6 is 0 Å². The quantitative estimate of drug-likeness (QED) is 0.333. The monoisotopic (exact) mass is 216 g/mol. The first-order valence-electron chi connectivity index (χ1n) is 3.81. The molecule has 10 N–H and O–H groups in total. The third kappa shape index (κ3) is 9.92. The van der Waals surface area contributed by atoms with Gasteiger partial charge in [0, 0.05) is 13.1 Å². The highest BCUT2D eigenvalue weighted by Crippen LogP contribution is 1.97. The Hall–Kier alpha value is -2.00. The molecule has 1 aromatic rings. The first-order valence-corrected chi connectivity index (χ1v) is 3.81. The smallest absolute Gasteiger partial charge is 0.226 e. The minimum absolute atomic E-state index is 0.0417. The van der Waals surface area contributed by atoms with Crippen molar-refractivity contribution < 1.29 is 4.79 Å². The van der Waals surface area contributed by atoms with Crippen LogP contribution in [-0.4, -0.2) is 34.8 Å². The van der Waals surface area contributed by atoms with E-state index < -0.39 is 0 Å². The molecular formula is C6H16N8O. The third-order valence-electron chi connectivity index (χ3n) is 0.854. The van der Waals surface area contributed by atoms with E-state index in [-0.39, 0.29) is 17.8 Å². The molecule has 0 fully saturated rings. The van der Waals surface area contributed by atoms with E-state index in [0.29, 0.717) is 13.1 Å². The van der Waals surface area contributed by atoms with Gasteiger partial charge in [0.2, 0.25) is 17.8 Å². The summed E-state index contributed by atoms with van der Waals surface area (Å²) in [6.07, 6.45) is 0. The zero-order chi connectivity index (χ0) is 12.3. The summed E-state index contributed by atoms with van der Waals surface area (Å²) in [5.41, 5.74) is 25.2. The van der Waals surface area contributed by atoms with Gasteiger partial charge in [-0.2, -0.15) is 15.0 Å². The molecule has 0 saturated carbocycles. The van der Waals surface area contributed by atoms with Crippen LogP contribution in [0.3, 0.4) is 0 Å². The van der Waals surface area contributed by atoms with Gasteiger partial charge < -0.3 is 33.5 Å². The fourth-order valence-corrected chi connectivity index (χ4v) is 0.427. The molecule has 0 aliphatic rings. The Morgan fingerprint density at radius 2 is 1.00 bits per heavy atom. The Balaban J connectivity index is 0. The second kappa shape index (κ2) is 10.1. The average Bonchev–Trinajstić information content (AvgIpc) is 2.19. The van der Waals surface area contributed by atoms with Crippen LogP contribution < -0.4 is 28.7 Å². The molecule has 1 rings (SSSR count). The maximum atomic E-state index is 8.00. The van der Waals surface area contributed by atoms with Gasteiger partial charge in [-0.15, -0.1) is 0 Å². The minimum Gasteiger partial charge on any atom is -0.368 e. The predicted octanol–water partition coefficient (Wildman–Crippen LogP) is -2.66. The Labute approximate surface area is 87.1 Å². The lowest BCUT2D eigenvalue weighted by molar-refractivity contribution is -0.0979. The molecule has 9 nitrogen and oxygen atoms in total. The van der Waals surface area contributed by atoms with Crippen LogP contribution in [0.4, 0.5) is 17.8 Å². The molecule has 1 heterocycles. The molecule has 1 aromatic heterocycles. The highest BCUT2D eigenvalue weighted by atomic mass is 16.1. The van der Waals surface area contributed by atoms with E-state index in [1.807, 2.05) is 6.79 Å². The molecule has 9 heteroatoms. The van der Waals surface area contributed by atoms with Crippen molar-refractivity contribution >= 4 is 24.6 Å². The van der Waals surface area contributed by atoms with Crippen LogP contribution in [0.5, 0.6) is 0 Å². The maximum Gasteiger partial charge on any atom is 0.226 e. The lowest BCUT2D eigenvalue weighted by Gasteiger charge is -1.93. The lowest BCUT2D eigenvalue weighted by atomic mass is 10.7. The normalized spacial score (nSPS) is 7.87. The van der Waals surface area contributed by atoms with E-state index in [2.05, 4.69) is 15.0 Å². The second-order valence-electron chi connectivity index (χ2n) is 1.99. The van der Waals surface area contributed by atoms with E-state index in [1.54, 1.807) is 0 Å². The number of aromatic nitrogens is 3. The molecule has 0 bridgehead atoms. The molecular weight excluding hydrogens is 200 g/mol. The number of nitrogen functional groups attached to an aromatic ring is 3. The third-order valence-corrected chi connectivity index (χ3v) is 0.854. The summed E-state index contributed by atoms with van der Waals surface area (Å²) in [5.74, 6) is 0.125. The summed E-state index contributed by atoms with van der Waals surface area (Å²) < 4.78 is 0. The van der Waals surface area contributed by atoms with Crippen LogP contribution in [0.15, 0.2) is 0 Å². The molecule has 0 spiro atoms. The van der Waals surface area contributed by atoms with Gasteiger partial charge in [0.05, 0.1) is 0 Å². The summed E-state index contributed by atoms with van der Waals surface area (Å²) in [7, 11) is 0. The molecule has 86 valence electrons.